The molecule has 0 bridgehead atoms. The predicted molar refractivity (Wildman–Crippen MR) is 209 cm³/mol. The molecule has 1 heterocycles. The number of hydrogen-bond acceptors (Lipinski definition) is 7. The highest BCUT2D eigenvalue weighted by molar-refractivity contribution is 6.00. The van der Waals surface area contributed by atoms with Gasteiger partial charge in [-0.3, -0.25) is 19.3 Å². The number of carboxylic acids is 1. The Hall–Kier alpha value is -2.03. The molecular formula is C46H70N2O6. The van der Waals surface area contributed by atoms with E-state index in [2.05, 4.69) is 63.9 Å². The number of fused-ring (bicyclic) bond motifs is 6. The Morgan fingerprint density at radius 1 is 0.907 bits per heavy atom. The van der Waals surface area contributed by atoms with Crippen molar-refractivity contribution in [3.63, 3.8) is 0 Å². The van der Waals surface area contributed by atoms with Gasteiger partial charge in [0.15, 0.2) is 5.78 Å². The summed E-state index contributed by atoms with van der Waals surface area (Å²) in [6, 6.07) is 0. The van der Waals surface area contributed by atoms with Crippen LogP contribution in [0.2, 0.25) is 0 Å². The van der Waals surface area contributed by atoms with E-state index in [9.17, 15) is 19.5 Å². The van der Waals surface area contributed by atoms with E-state index in [1.807, 2.05) is 13.8 Å². The van der Waals surface area contributed by atoms with Gasteiger partial charge in [-0.05, 0) is 116 Å². The Labute approximate surface area is 325 Å². The molecule has 1 unspecified atom stereocenters. The van der Waals surface area contributed by atoms with E-state index in [0.29, 0.717) is 30.5 Å². The molecule has 2 N–H and O–H groups in total. The number of esters is 1. The van der Waals surface area contributed by atoms with Crippen molar-refractivity contribution < 1.29 is 29.0 Å². The number of ketones is 1. The molecule has 0 radical (unpaired) electrons. The molecule has 8 rings (SSSR count). The quantitative estimate of drug-likeness (QED) is 0.132. The fourth-order valence-electron chi connectivity index (χ4n) is 15.3. The summed E-state index contributed by atoms with van der Waals surface area (Å²) in [6.45, 7) is 25.3. The van der Waals surface area contributed by atoms with Crippen LogP contribution in [0.25, 0.3) is 0 Å². The van der Waals surface area contributed by atoms with Crippen LogP contribution in [0, 0.1) is 67.5 Å². The zero-order valence-electron chi connectivity index (χ0n) is 34.8. The lowest BCUT2D eigenvalue weighted by Gasteiger charge is -2.77. The minimum Gasteiger partial charge on any atom is -0.481 e. The fraction of sp³-hybridized carbons (Fsp3) is 0.848. The van der Waals surface area contributed by atoms with E-state index in [-0.39, 0.29) is 56.4 Å². The van der Waals surface area contributed by atoms with E-state index in [4.69, 9.17) is 9.47 Å². The second-order valence-electron chi connectivity index (χ2n) is 21.3. The van der Waals surface area contributed by atoms with Gasteiger partial charge in [0.05, 0.1) is 25.0 Å². The van der Waals surface area contributed by atoms with Crippen LogP contribution in [-0.4, -0.2) is 79.8 Å². The molecule has 0 amide bonds. The third kappa shape index (κ3) is 5.12. The van der Waals surface area contributed by atoms with Gasteiger partial charge in [0.25, 0.3) is 0 Å². The zero-order chi connectivity index (χ0) is 38.7. The first kappa shape index (κ1) is 38.8. The van der Waals surface area contributed by atoms with Gasteiger partial charge in [-0.2, -0.15) is 0 Å². The lowest BCUT2D eigenvalue weighted by Crippen LogP contribution is -2.72. The number of carbonyl (C=O) groups is 3. The molecule has 11 atom stereocenters. The number of ether oxygens (including phenoxy) is 2. The van der Waals surface area contributed by atoms with Gasteiger partial charge in [-0.1, -0.05) is 73.1 Å². The highest BCUT2D eigenvalue weighted by Gasteiger charge is 2.76. The Bertz CT molecular complexity index is 1630. The minimum atomic E-state index is -0.814. The molecule has 8 aliphatic rings. The van der Waals surface area contributed by atoms with Crippen LogP contribution >= 0.6 is 0 Å². The summed E-state index contributed by atoms with van der Waals surface area (Å²) in [5.74, 6) is -0.196. The minimum absolute atomic E-state index is 0.00742. The molecule has 8 nitrogen and oxygen atoms in total. The van der Waals surface area contributed by atoms with Gasteiger partial charge >= 0.3 is 11.9 Å². The van der Waals surface area contributed by atoms with E-state index in [0.717, 1.165) is 90.9 Å². The first-order chi connectivity index (χ1) is 25.4. The molecule has 0 aromatic carbocycles. The number of allylic oxidation sites excluding steroid dienone is 3. The molecule has 0 aromatic heterocycles. The molecule has 6 fully saturated rings. The van der Waals surface area contributed by atoms with Crippen LogP contribution in [0.1, 0.15) is 126 Å². The number of Topliss-reactive ketones (excluding diaryl/α,β-unsaturated/α-hetero) is 1. The average Bonchev–Trinajstić information content (AvgIpc) is 3.41. The Kier molecular flexibility index (Phi) is 9.34. The van der Waals surface area contributed by atoms with Crippen LogP contribution in [0.4, 0.5) is 0 Å². The van der Waals surface area contributed by atoms with E-state index < -0.39 is 17.3 Å². The summed E-state index contributed by atoms with van der Waals surface area (Å²) < 4.78 is 12.0. The number of hydrogen-bond donors (Lipinski definition) is 2. The van der Waals surface area contributed by atoms with Gasteiger partial charge in [-0.25, -0.2) is 0 Å². The maximum absolute atomic E-state index is 14.1. The normalized spacial score (nSPS) is 46.4. The van der Waals surface area contributed by atoms with Gasteiger partial charge in [0.1, 0.15) is 6.10 Å². The topological polar surface area (TPSA) is 105 Å². The summed E-state index contributed by atoms with van der Waals surface area (Å²) in [5, 5.41) is 13.5. The number of morpholine rings is 1. The van der Waals surface area contributed by atoms with Crippen LogP contribution < -0.4 is 5.32 Å². The van der Waals surface area contributed by atoms with Crippen LogP contribution in [0.5, 0.6) is 0 Å². The van der Waals surface area contributed by atoms with Crippen molar-refractivity contribution in [1.82, 2.24) is 10.2 Å². The van der Waals surface area contributed by atoms with Crippen LogP contribution in [-0.2, 0) is 23.9 Å². The third-order valence-electron chi connectivity index (χ3n) is 19.0. The van der Waals surface area contributed by atoms with Crippen LogP contribution in [0.15, 0.2) is 23.3 Å². The highest BCUT2D eigenvalue weighted by atomic mass is 16.5. The monoisotopic (exact) mass is 747 g/mol. The first-order valence-corrected chi connectivity index (χ1v) is 21.8. The van der Waals surface area contributed by atoms with Crippen molar-refractivity contribution in [3.8, 4) is 0 Å². The Balaban J connectivity index is 1.02. The predicted octanol–water partition coefficient (Wildman–Crippen LogP) is 7.86. The van der Waals surface area contributed by atoms with Crippen molar-refractivity contribution in [1.29, 1.82) is 0 Å². The molecule has 0 aromatic rings. The second kappa shape index (κ2) is 13.0. The number of carbonyl (C=O) groups excluding carboxylic acids is 2. The smallest absolute Gasteiger partial charge is 0.309 e. The van der Waals surface area contributed by atoms with Gasteiger partial charge in [0, 0.05) is 48.8 Å². The second-order valence-corrected chi connectivity index (χ2v) is 21.3. The summed E-state index contributed by atoms with van der Waals surface area (Å²) in [5.41, 5.74) is 2.27. The molecule has 1 spiro atoms. The summed E-state index contributed by atoms with van der Waals surface area (Å²) >= 11 is 0. The molecule has 7 aliphatic carbocycles. The molecule has 1 aliphatic heterocycles. The molecule has 300 valence electrons. The average molecular weight is 747 g/mol. The van der Waals surface area contributed by atoms with E-state index in [1.54, 1.807) is 5.57 Å². The lowest BCUT2D eigenvalue weighted by atomic mass is 9.27. The van der Waals surface area contributed by atoms with Crippen molar-refractivity contribution in [2.45, 2.75) is 132 Å². The van der Waals surface area contributed by atoms with Crippen LogP contribution in [0.3, 0.4) is 0 Å². The van der Waals surface area contributed by atoms with E-state index in [1.165, 1.54) is 18.4 Å². The number of carboxylic acid groups (broad SMARTS) is 1. The summed E-state index contributed by atoms with van der Waals surface area (Å²) in [6.07, 6.45) is 15.6. The van der Waals surface area contributed by atoms with Crippen molar-refractivity contribution in [2.75, 3.05) is 45.9 Å². The maximum Gasteiger partial charge on any atom is 0.309 e. The van der Waals surface area contributed by atoms with Gasteiger partial charge < -0.3 is 19.9 Å². The number of rotatable bonds is 10. The Morgan fingerprint density at radius 2 is 1.63 bits per heavy atom. The van der Waals surface area contributed by atoms with Gasteiger partial charge in [0.2, 0.25) is 0 Å². The molecule has 54 heavy (non-hydrogen) atoms. The molecule has 1 saturated heterocycles. The Morgan fingerprint density at radius 3 is 2.28 bits per heavy atom. The van der Waals surface area contributed by atoms with Gasteiger partial charge in [-0.15, -0.1) is 0 Å². The molecular weight excluding hydrogens is 677 g/mol. The fourth-order valence-corrected chi connectivity index (χ4v) is 15.3. The molecule has 5 saturated carbocycles. The summed E-state index contributed by atoms with van der Waals surface area (Å²) in [4.78, 5) is 42.1. The first-order valence-electron chi connectivity index (χ1n) is 21.8. The van der Waals surface area contributed by atoms with Crippen molar-refractivity contribution in [2.24, 2.45) is 67.5 Å². The third-order valence-corrected chi connectivity index (χ3v) is 19.0. The number of aliphatic carboxylic acids is 1. The van der Waals surface area contributed by atoms with Crippen molar-refractivity contribution in [3.05, 3.63) is 23.3 Å². The standard InChI is InChI=1S/C46H70N2O6/c1-29(2)36-33(49)28-45(19-20-47-21-22-48-23-25-53-26-24-48)16-13-41(5)30(37(36)45)9-10-34-42(41,6)14-17-46-18-15-44(46,8)35(11-12-43(34,46)7)54-39(52)32-27-31(38(50)51)40(32,3)4/h15,18,29-32,34-35,47H,9-14,16-17,19-28H2,1-8H3,(H,50,51)/t30?,31-,32+,34-,35-,41+,42+,43+,44+,45+,46-/m0/s1. The van der Waals surface area contributed by atoms with E-state index >= 15 is 0 Å². The maximum atomic E-state index is 14.1. The zero-order valence-corrected chi connectivity index (χ0v) is 34.8. The summed E-state index contributed by atoms with van der Waals surface area (Å²) in [7, 11) is 0. The van der Waals surface area contributed by atoms with Crippen molar-refractivity contribution >= 4 is 17.7 Å². The highest BCUT2D eigenvalue weighted by Crippen LogP contribution is 2.82. The lowest BCUT2D eigenvalue weighted by molar-refractivity contribution is -0.265. The number of nitrogens with one attached hydrogen (secondary N) is 1. The largest absolute Gasteiger partial charge is 0.481 e. The number of nitrogens with zero attached hydrogens (tertiary/aromatic N) is 1. The molecule has 8 heteroatoms. The SMILES string of the molecule is CC(C)C1=C2C3CC[C@@H]4[C@@]5(C)CC[C@H](OC(=O)[C@H]6C[C@@H](C(=O)O)C6(C)C)[C@@]6(C)C=C[C@]65CC[C@@]4(C)[C@]3(C)CC[C@@]2(CCNCCN2CCOCC2)CC1=O.